The van der Waals surface area contributed by atoms with E-state index >= 15 is 0 Å². The molecule has 0 saturated heterocycles. The van der Waals surface area contributed by atoms with Crippen LogP contribution in [0.4, 0.5) is 5.69 Å². The number of aryl methyl sites for hydroxylation is 2. The summed E-state index contributed by atoms with van der Waals surface area (Å²) in [7, 11) is 0. The summed E-state index contributed by atoms with van der Waals surface area (Å²) in [5, 5.41) is 14.2. The molecule has 0 fully saturated rings. The Morgan fingerprint density at radius 3 is 2.77 bits per heavy atom. The Morgan fingerprint density at radius 2 is 2.05 bits per heavy atom. The van der Waals surface area contributed by atoms with Gasteiger partial charge in [-0.1, -0.05) is 29.8 Å². The summed E-state index contributed by atoms with van der Waals surface area (Å²) < 4.78 is 1.05. The standard InChI is InChI=1S/C17H14N4S/c1-11-7-8-13(12(2)9-11)20-21-15(10-18)17-19-14-5-3-4-6-16(14)22-17/h3-9,20H,1-2H3/b21-15-. The third kappa shape index (κ3) is 2.83. The molecule has 1 heterocycles. The number of nitrogens with one attached hydrogen (secondary N) is 1. The molecule has 0 saturated carbocycles. The van der Waals surface area contributed by atoms with Crippen molar-refractivity contribution in [2.24, 2.45) is 5.10 Å². The summed E-state index contributed by atoms with van der Waals surface area (Å²) in [4.78, 5) is 4.46. The van der Waals surface area contributed by atoms with Crippen LogP contribution >= 0.6 is 11.3 Å². The van der Waals surface area contributed by atoms with Crippen LogP contribution in [0.1, 0.15) is 16.1 Å². The minimum Gasteiger partial charge on any atom is -0.277 e. The molecule has 4 nitrogen and oxygen atoms in total. The monoisotopic (exact) mass is 306 g/mol. The van der Waals surface area contributed by atoms with E-state index in [0.717, 1.165) is 21.5 Å². The number of nitriles is 1. The molecule has 1 N–H and O–H groups in total. The fraction of sp³-hybridized carbons (Fsp3) is 0.118. The van der Waals surface area contributed by atoms with E-state index in [4.69, 9.17) is 0 Å². The molecular weight excluding hydrogens is 292 g/mol. The van der Waals surface area contributed by atoms with Gasteiger partial charge in [0.05, 0.1) is 15.9 Å². The fourth-order valence-corrected chi connectivity index (χ4v) is 3.05. The van der Waals surface area contributed by atoms with E-state index in [1.807, 2.05) is 50.2 Å². The number of aromatic nitrogens is 1. The summed E-state index contributed by atoms with van der Waals surface area (Å²) in [6, 6.07) is 16.0. The number of nitrogens with zero attached hydrogens (tertiary/aromatic N) is 3. The number of hydrogen-bond donors (Lipinski definition) is 1. The van der Waals surface area contributed by atoms with E-state index in [9.17, 15) is 5.26 Å². The number of hydrogen-bond acceptors (Lipinski definition) is 5. The van der Waals surface area contributed by atoms with Gasteiger partial charge in [-0.15, -0.1) is 11.3 Å². The van der Waals surface area contributed by atoms with Crippen molar-refractivity contribution in [2.75, 3.05) is 5.43 Å². The fourth-order valence-electron chi connectivity index (χ4n) is 2.15. The van der Waals surface area contributed by atoms with Crippen LogP contribution in [0.15, 0.2) is 47.6 Å². The van der Waals surface area contributed by atoms with E-state index in [2.05, 4.69) is 27.6 Å². The summed E-state index contributed by atoms with van der Waals surface area (Å²) >= 11 is 1.47. The minimum absolute atomic E-state index is 0.293. The van der Waals surface area contributed by atoms with Crippen molar-refractivity contribution in [3.05, 3.63) is 58.6 Å². The first-order valence-electron chi connectivity index (χ1n) is 6.84. The molecule has 1 aromatic heterocycles. The van der Waals surface area contributed by atoms with Gasteiger partial charge in [-0.25, -0.2) is 4.98 Å². The molecule has 0 aliphatic carbocycles. The maximum absolute atomic E-state index is 9.34. The Bertz CT molecular complexity index is 869. The SMILES string of the molecule is Cc1ccc(N/N=C(/C#N)c2nc3ccccc3s2)c(C)c1. The number of benzene rings is 2. The van der Waals surface area contributed by atoms with Crippen molar-refractivity contribution < 1.29 is 0 Å². The van der Waals surface area contributed by atoms with Crippen LogP contribution in [-0.4, -0.2) is 10.7 Å². The minimum atomic E-state index is 0.293. The van der Waals surface area contributed by atoms with Gasteiger partial charge in [0.25, 0.3) is 0 Å². The molecule has 0 aliphatic heterocycles. The second kappa shape index (κ2) is 5.96. The van der Waals surface area contributed by atoms with Gasteiger partial charge in [0.2, 0.25) is 0 Å². The first-order chi connectivity index (χ1) is 10.7. The molecule has 0 spiro atoms. The second-order valence-corrected chi connectivity index (χ2v) is 6.02. The summed E-state index contributed by atoms with van der Waals surface area (Å²) in [5.41, 5.74) is 7.31. The van der Waals surface area contributed by atoms with Crippen molar-refractivity contribution in [3.63, 3.8) is 0 Å². The van der Waals surface area contributed by atoms with Crippen molar-refractivity contribution in [3.8, 4) is 6.07 Å². The lowest BCUT2D eigenvalue weighted by Crippen LogP contribution is -2.02. The Balaban J connectivity index is 1.91. The number of hydrazone groups is 1. The lowest BCUT2D eigenvalue weighted by Gasteiger charge is -2.05. The van der Waals surface area contributed by atoms with E-state index in [0.29, 0.717) is 10.7 Å². The highest BCUT2D eigenvalue weighted by Gasteiger charge is 2.10. The van der Waals surface area contributed by atoms with Crippen LogP contribution in [0.25, 0.3) is 10.2 Å². The number of anilines is 1. The van der Waals surface area contributed by atoms with Gasteiger partial charge in [-0.3, -0.25) is 5.43 Å². The lowest BCUT2D eigenvalue weighted by atomic mass is 10.1. The highest BCUT2D eigenvalue weighted by Crippen LogP contribution is 2.22. The quantitative estimate of drug-likeness (QED) is 0.581. The highest BCUT2D eigenvalue weighted by atomic mass is 32.1. The average molecular weight is 306 g/mol. The molecule has 0 aliphatic rings. The first kappa shape index (κ1) is 14.2. The zero-order valence-corrected chi connectivity index (χ0v) is 13.1. The average Bonchev–Trinajstić information content (AvgIpc) is 2.93. The zero-order valence-electron chi connectivity index (χ0n) is 12.3. The molecule has 0 bridgehead atoms. The van der Waals surface area contributed by atoms with Gasteiger partial charge in [-0.2, -0.15) is 10.4 Å². The molecule has 5 heteroatoms. The van der Waals surface area contributed by atoms with Crippen LogP contribution in [-0.2, 0) is 0 Å². The van der Waals surface area contributed by atoms with Crippen LogP contribution in [0.3, 0.4) is 0 Å². The smallest absolute Gasteiger partial charge is 0.196 e. The van der Waals surface area contributed by atoms with Crippen molar-refractivity contribution >= 4 is 33.0 Å². The molecule has 3 aromatic rings. The van der Waals surface area contributed by atoms with Gasteiger partial charge in [-0.05, 0) is 37.6 Å². The van der Waals surface area contributed by atoms with Gasteiger partial charge in [0, 0.05) is 0 Å². The Labute approximate surface area is 132 Å². The molecule has 2 aromatic carbocycles. The maximum atomic E-state index is 9.34. The van der Waals surface area contributed by atoms with Crippen LogP contribution in [0.5, 0.6) is 0 Å². The largest absolute Gasteiger partial charge is 0.277 e. The number of thiazole rings is 1. The molecular formula is C17H14N4S. The maximum Gasteiger partial charge on any atom is 0.196 e. The van der Waals surface area contributed by atoms with E-state index in [-0.39, 0.29) is 0 Å². The number of para-hydroxylation sites is 1. The van der Waals surface area contributed by atoms with Gasteiger partial charge in [0.15, 0.2) is 10.7 Å². The lowest BCUT2D eigenvalue weighted by molar-refractivity contribution is 1.28. The van der Waals surface area contributed by atoms with Gasteiger partial charge < -0.3 is 0 Å². The van der Waals surface area contributed by atoms with Crippen LogP contribution in [0, 0.1) is 25.2 Å². The Morgan fingerprint density at radius 1 is 1.23 bits per heavy atom. The number of rotatable bonds is 3. The third-order valence-corrected chi connectivity index (χ3v) is 4.32. The van der Waals surface area contributed by atoms with Gasteiger partial charge in [0.1, 0.15) is 6.07 Å². The third-order valence-electron chi connectivity index (χ3n) is 3.27. The Kier molecular flexibility index (Phi) is 3.86. The second-order valence-electron chi connectivity index (χ2n) is 4.99. The zero-order chi connectivity index (χ0) is 15.5. The van der Waals surface area contributed by atoms with E-state index in [1.54, 1.807) is 0 Å². The van der Waals surface area contributed by atoms with Crippen molar-refractivity contribution in [2.45, 2.75) is 13.8 Å². The molecule has 0 radical (unpaired) electrons. The molecule has 22 heavy (non-hydrogen) atoms. The number of fused-ring (bicyclic) bond motifs is 1. The van der Waals surface area contributed by atoms with E-state index < -0.39 is 0 Å². The summed E-state index contributed by atoms with van der Waals surface area (Å²) in [6.45, 7) is 4.05. The first-order valence-corrected chi connectivity index (χ1v) is 7.66. The van der Waals surface area contributed by atoms with Crippen molar-refractivity contribution in [1.82, 2.24) is 4.98 Å². The molecule has 108 valence electrons. The predicted octanol–water partition coefficient (Wildman–Crippen LogP) is 4.25. The predicted molar refractivity (Wildman–Crippen MR) is 91.3 cm³/mol. The molecule has 0 unspecified atom stereocenters. The summed E-state index contributed by atoms with van der Waals surface area (Å²) in [5.74, 6) is 0. The molecule has 3 rings (SSSR count). The van der Waals surface area contributed by atoms with Crippen molar-refractivity contribution in [1.29, 1.82) is 5.26 Å². The van der Waals surface area contributed by atoms with Crippen LogP contribution in [0.2, 0.25) is 0 Å². The topological polar surface area (TPSA) is 61.1 Å². The summed E-state index contributed by atoms with van der Waals surface area (Å²) in [6.07, 6.45) is 0. The van der Waals surface area contributed by atoms with E-state index in [1.165, 1.54) is 16.9 Å². The van der Waals surface area contributed by atoms with Crippen LogP contribution < -0.4 is 5.43 Å². The molecule has 0 amide bonds. The Hall–Kier alpha value is -2.71. The normalized spacial score (nSPS) is 11.4. The highest BCUT2D eigenvalue weighted by molar-refractivity contribution is 7.20. The van der Waals surface area contributed by atoms with Gasteiger partial charge >= 0.3 is 0 Å². The molecule has 0 atom stereocenters.